The van der Waals surface area contributed by atoms with Gasteiger partial charge in [-0.2, -0.15) is 0 Å². The molecule has 3 aromatic rings. The summed E-state index contributed by atoms with van der Waals surface area (Å²) in [5.41, 5.74) is 2.41. The first-order valence-corrected chi connectivity index (χ1v) is 9.60. The Labute approximate surface area is 150 Å². The Kier molecular flexibility index (Phi) is 6.09. The van der Waals surface area contributed by atoms with Gasteiger partial charge in [0.2, 0.25) is 5.13 Å². The Morgan fingerprint density at radius 3 is 2.67 bits per heavy atom. The van der Waals surface area contributed by atoms with E-state index < -0.39 is 0 Å². The molecule has 1 N–H and O–H groups in total. The van der Waals surface area contributed by atoms with Gasteiger partial charge in [0.05, 0.1) is 6.61 Å². The average Bonchev–Trinajstić information content (AvgIpc) is 3.08. The number of anilines is 1. The Morgan fingerprint density at radius 1 is 1.04 bits per heavy atom. The highest BCUT2D eigenvalue weighted by Gasteiger charge is 2.08. The summed E-state index contributed by atoms with van der Waals surface area (Å²) in [6, 6.07) is 18.4. The number of aromatic nitrogens is 2. The molecule has 0 bridgehead atoms. The number of nitrogens with zero attached hydrogens (tertiary/aromatic N) is 2. The molecule has 0 aliphatic rings. The van der Waals surface area contributed by atoms with Crippen molar-refractivity contribution in [2.24, 2.45) is 0 Å². The van der Waals surface area contributed by atoms with Crippen molar-refractivity contribution in [2.75, 3.05) is 11.9 Å². The molecule has 0 radical (unpaired) electrons. The number of ether oxygens (including phenoxy) is 1. The van der Waals surface area contributed by atoms with E-state index in [1.54, 1.807) is 23.1 Å². The SMILES string of the molecule is CCOc1ccccc1CSc1nnc(NCc2ccccc2)s1. The Balaban J connectivity index is 1.55. The lowest BCUT2D eigenvalue weighted by Gasteiger charge is -2.08. The van der Waals surface area contributed by atoms with Crippen molar-refractivity contribution in [1.82, 2.24) is 10.2 Å². The number of hydrogen-bond acceptors (Lipinski definition) is 6. The van der Waals surface area contributed by atoms with Gasteiger partial charge in [-0.15, -0.1) is 10.2 Å². The Hall–Kier alpha value is -2.05. The molecular weight excluding hydrogens is 338 g/mol. The molecule has 1 heterocycles. The minimum Gasteiger partial charge on any atom is -0.494 e. The van der Waals surface area contributed by atoms with E-state index in [2.05, 4.69) is 33.7 Å². The Bertz CT molecular complexity index is 762. The monoisotopic (exact) mass is 357 g/mol. The third-order valence-corrected chi connectivity index (χ3v) is 5.38. The van der Waals surface area contributed by atoms with E-state index in [0.717, 1.165) is 27.5 Å². The third kappa shape index (κ3) is 4.72. The number of para-hydroxylation sites is 1. The van der Waals surface area contributed by atoms with Crippen molar-refractivity contribution in [2.45, 2.75) is 23.6 Å². The summed E-state index contributed by atoms with van der Waals surface area (Å²) >= 11 is 3.26. The lowest BCUT2D eigenvalue weighted by atomic mass is 10.2. The van der Waals surface area contributed by atoms with Crippen molar-refractivity contribution in [3.63, 3.8) is 0 Å². The summed E-state index contributed by atoms with van der Waals surface area (Å²) in [4.78, 5) is 0. The van der Waals surface area contributed by atoms with Gasteiger partial charge >= 0.3 is 0 Å². The highest BCUT2D eigenvalue weighted by atomic mass is 32.2. The largest absolute Gasteiger partial charge is 0.494 e. The van der Waals surface area contributed by atoms with Crippen LogP contribution in [0.4, 0.5) is 5.13 Å². The molecule has 6 heteroatoms. The predicted molar refractivity (Wildman–Crippen MR) is 101 cm³/mol. The Morgan fingerprint density at radius 2 is 1.83 bits per heavy atom. The fraction of sp³-hybridized carbons (Fsp3) is 0.222. The van der Waals surface area contributed by atoms with Gasteiger partial charge in [0.25, 0.3) is 0 Å². The van der Waals surface area contributed by atoms with Crippen molar-refractivity contribution >= 4 is 28.2 Å². The van der Waals surface area contributed by atoms with Crippen molar-refractivity contribution in [1.29, 1.82) is 0 Å². The lowest BCUT2D eigenvalue weighted by molar-refractivity contribution is 0.337. The van der Waals surface area contributed by atoms with Gasteiger partial charge in [0, 0.05) is 17.9 Å². The first-order chi connectivity index (χ1) is 11.8. The van der Waals surface area contributed by atoms with E-state index in [0.29, 0.717) is 6.61 Å². The van der Waals surface area contributed by atoms with E-state index >= 15 is 0 Å². The molecule has 1 aromatic heterocycles. The van der Waals surface area contributed by atoms with Crippen LogP contribution < -0.4 is 10.1 Å². The molecule has 0 saturated heterocycles. The van der Waals surface area contributed by atoms with Crippen LogP contribution in [0.2, 0.25) is 0 Å². The van der Waals surface area contributed by atoms with Crippen LogP contribution in [-0.4, -0.2) is 16.8 Å². The topological polar surface area (TPSA) is 47.0 Å². The lowest BCUT2D eigenvalue weighted by Crippen LogP contribution is -1.98. The second-order valence-electron chi connectivity index (χ2n) is 5.04. The minimum atomic E-state index is 0.675. The van der Waals surface area contributed by atoms with Crippen LogP contribution in [0.1, 0.15) is 18.1 Å². The van der Waals surface area contributed by atoms with Crippen LogP contribution in [-0.2, 0) is 12.3 Å². The summed E-state index contributed by atoms with van der Waals surface area (Å²) in [5, 5.41) is 12.6. The quantitative estimate of drug-likeness (QED) is 0.585. The van der Waals surface area contributed by atoms with Crippen molar-refractivity contribution in [3.05, 3.63) is 65.7 Å². The van der Waals surface area contributed by atoms with Gasteiger partial charge < -0.3 is 10.1 Å². The average molecular weight is 358 g/mol. The maximum absolute atomic E-state index is 5.66. The number of thioether (sulfide) groups is 1. The van der Waals surface area contributed by atoms with Crippen molar-refractivity contribution in [3.8, 4) is 5.75 Å². The number of rotatable bonds is 8. The van der Waals surface area contributed by atoms with Gasteiger partial charge in [0.15, 0.2) is 4.34 Å². The molecule has 0 saturated carbocycles. The maximum Gasteiger partial charge on any atom is 0.206 e. The minimum absolute atomic E-state index is 0.675. The first kappa shape index (κ1) is 16.8. The summed E-state index contributed by atoms with van der Waals surface area (Å²) in [5.74, 6) is 1.77. The van der Waals surface area contributed by atoms with Crippen LogP contribution >= 0.6 is 23.1 Å². The zero-order valence-electron chi connectivity index (χ0n) is 13.4. The summed E-state index contributed by atoms with van der Waals surface area (Å²) in [6.45, 7) is 3.43. The number of nitrogens with one attached hydrogen (secondary N) is 1. The van der Waals surface area contributed by atoms with Crippen molar-refractivity contribution < 1.29 is 4.74 Å². The van der Waals surface area contributed by atoms with Crippen LogP contribution in [0.25, 0.3) is 0 Å². The normalized spacial score (nSPS) is 10.5. The molecule has 0 atom stereocenters. The molecule has 2 aromatic carbocycles. The van der Waals surface area contributed by atoms with E-state index in [-0.39, 0.29) is 0 Å². The van der Waals surface area contributed by atoms with E-state index in [1.165, 1.54) is 11.1 Å². The van der Waals surface area contributed by atoms with E-state index in [4.69, 9.17) is 4.74 Å². The predicted octanol–water partition coefficient (Wildman–Crippen LogP) is 4.84. The van der Waals surface area contributed by atoms with Crippen LogP contribution in [0.15, 0.2) is 58.9 Å². The zero-order valence-corrected chi connectivity index (χ0v) is 15.1. The molecule has 0 unspecified atom stereocenters. The highest BCUT2D eigenvalue weighted by molar-refractivity contribution is 8.00. The molecule has 24 heavy (non-hydrogen) atoms. The molecule has 124 valence electrons. The second-order valence-corrected chi connectivity index (χ2v) is 7.24. The zero-order chi connectivity index (χ0) is 16.6. The molecule has 0 aliphatic heterocycles. The molecule has 0 spiro atoms. The van der Waals surface area contributed by atoms with Crippen LogP contribution in [0.5, 0.6) is 5.75 Å². The van der Waals surface area contributed by atoms with Crippen LogP contribution in [0.3, 0.4) is 0 Å². The van der Waals surface area contributed by atoms with E-state index in [1.807, 2.05) is 43.3 Å². The molecule has 0 amide bonds. The molecular formula is C18H19N3OS2. The van der Waals surface area contributed by atoms with Gasteiger partial charge in [-0.05, 0) is 18.6 Å². The fourth-order valence-electron chi connectivity index (χ4n) is 2.17. The van der Waals surface area contributed by atoms with Gasteiger partial charge in [0.1, 0.15) is 5.75 Å². The molecule has 0 aliphatic carbocycles. The summed E-state index contributed by atoms with van der Waals surface area (Å²) < 4.78 is 6.62. The molecule has 4 nitrogen and oxygen atoms in total. The summed E-state index contributed by atoms with van der Waals surface area (Å²) in [7, 11) is 0. The fourth-order valence-corrected chi connectivity index (χ4v) is 3.91. The summed E-state index contributed by atoms with van der Waals surface area (Å²) in [6.07, 6.45) is 0. The van der Waals surface area contributed by atoms with Crippen LogP contribution in [0, 0.1) is 0 Å². The molecule has 3 rings (SSSR count). The smallest absolute Gasteiger partial charge is 0.206 e. The second kappa shape index (κ2) is 8.70. The number of hydrogen-bond donors (Lipinski definition) is 1. The van der Waals surface area contributed by atoms with E-state index in [9.17, 15) is 0 Å². The molecule has 0 fully saturated rings. The number of benzene rings is 2. The van der Waals surface area contributed by atoms with Gasteiger partial charge in [-0.25, -0.2) is 0 Å². The first-order valence-electron chi connectivity index (χ1n) is 7.80. The van der Waals surface area contributed by atoms with Gasteiger partial charge in [-0.3, -0.25) is 0 Å². The standard InChI is InChI=1S/C18H19N3OS2/c1-2-22-16-11-7-6-10-15(16)13-23-18-21-20-17(24-18)19-12-14-8-4-3-5-9-14/h3-11H,2,12-13H2,1H3,(H,19,20). The third-order valence-electron chi connectivity index (χ3n) is 3.32. The maximum atomic E-state index is 5.66. The highest BCUT2D eigenvalue weighted by Crippen LogP contribution is 2.31. The van der Waals surface area contributed by atoms with Gasteiger partial charge in [-0.1, -0.05) is 71.6 Å².